The minimum absolute atomic E-state index is 0.00152. The maximum atomic E-state index is 11.4. The van der Waals surface area contributed by atoms with E-state index in [4.69, 9.17) is 9.47 Å². The van der Waals surface area contributed by atoms with Crippen LogP contribution in [0.25, 0.3) is 0 Å². The molecular formula is C19H29NO3. The van der Waals surface area contributed by atoms with E-state index in [0.717, 1.165) is 38.7 Å². The van der Waals surface area contributed by atoms with Crippen molar-refractivity contribution in [1.82, 2.24) is 0 Å². The molecule has 2 aliphatic heterocycles. The summed E-state index contributed by atoms with van der Waals surface area (Å²) in [7, 11) is 0. The maximum Gasteiger partial charge on any atom is 0.160 e. The van der Waals surface area contributed by atoms with Crippen LogP contribution in [0.4, 0.5) is 0 Å². The molecule has 0 radical (unpaired) electrons. The van der Waals surface area contributed by atoms with Crippen LogP contribution in [-0.2, 0) is 14.3 Å². The molecule has 6 atom stereocenters. The van der Waals surface area contributed by atoms with Crippen molar-refractivity contribution in [2.24, 2.45) is 22.7 Å². The highest BCUT2D eigenvalue weighted by Gasteiger charge is 2.54. The molecule has 3 rings (SSSR count). The molecule has 1 aliphatic carbocycles. The van der Waals surface area contributed by atoms with Gasteiger partial charge in [0.15, 0.2) is 6.29 Å². The normalized spacial score (nSPS) is 46.3. The molecule has 23 heavy (non-hydrogen) atoms. The van der Waals surface area contributed by atoms with Gasteiger partial charge in [0.05, 0.1) is 24.2 Å². The number of carbonyl (C=O) groups excluding carboxylic acids is 1. The number of fused-ring (bicyclic) bond motifs is 1. The third-order valence-corrected chi connectivity index (χ3v) is 6.80. The van der Waals surface area contributed by atoms with Crippen LogP contribution in [0.5, 0.6) is 0 Å². The number of nitrogens with zero attached hydrogens (tertiary/aromatic N) is 1. The van der Waals surface area contributed by atoms with Crippen molar-refractivity contribution in [2.75, 3.05) is 6.61 Å². The lowest BCUT2D eigenvalue weighted by molar-refractivity contribution is -0.164. The molecule has 4 nitrogen and oxygen atoms in total. The van der Waals surface area contributed by atoms with Gasteiger partial charge in [-0.1, -0.05) is 13.8 Å². The van der Waals surface area contributed by atoms with Crippen molar-refractivity contribution in [1.29, 1.82) is 5.26 Å². The first-order valence-electron chi connectivity index (χ1n) is 9.06. The number of ketones is 1. The molecule has 0 amide bonds. The zero-order valence-corrected chi connectivity index (χ0v) is 14.6. The van der Waals surface area contributed by atoms with Crippen molar-refractivity contribution >= 4 is 5.78 Å². The zero-order chi connectivity index (χ0) is 16.7. The molecule has 3 fully saturated rings. The molecule has 1 saturated carbocycles. The van der Waals surface area contributed by atoms with Crippen LogP contribution < -0.4 is 0 Å². The molecule has 0 aromatic carbocycles. The number of nitriles is 1. The van der Waals surface area contributed by atoms with E-state index in [-0.39, 0.29) is 29.0 Å². The van der Waals surface area contributed by atoms with Crippen molar-refractivity contribution in [2.45, 2.75) is 78.1 Å². The lowest BCUT2D eigenvalue weighted by Crippen LogP contribution is -2.47. The topological polar surface area (TPSA) is 59.3 Å². The van der Waals surface area contributed by atoms with Crippen LogP contribution in [0.3, 0.4) is 0 Å². The predicted octanol–water partition coefficient (Wildman–Crippen LogP) is 3.84. The Hall–Kier alpha value is -0.920. The predicted molar refractivity (Wildman–Crippen MR) is 86.4 cm³/mol. The minimum Gasteiger partial charge on any atom is -0.352 e. The molecule has 2 heterocycles. The monoisotopic (exact) mass is 319 g/mol. The first kappa shape index (κ1) is 16.9. The molecule has 128 valence electrons. The van der Waals surface area contributed by atoms with Gasteiger partial charge < -0.3 is 14.3 Å². The Bertz CT molecular complexity index is 501. The first-order valence-corrected chi connectivity index (χ1v) is 9.06. The average Bonchev–Trinajstić information content (AvgIpc) is 3.10. The Labute approximate surface area is 139 Å². The van der Waals surface area contributed by atoms with E-state index in [1.54, 1.807) is 6.92 Å². The Morgan fingerprint density at radius 2 is 2.17 bits per heavy atom. The molecule has 4 heteroatoms. The van der Waals surface area contributed by atoms with E-state index in [0.29, 0.717) is 24.7 Å². The van der Waals surface area contributed by atoms with E-state index in [1.165, 1.54) is 0 Å². The Balaban J connectivity index is 1.76. The second-order valence-corrected chi connectivity index (χ2v) is 8.36. The summed E-state index contributed by atoms with van der Waals surface area (Å²) < 4.78 is 12.0. The van der Waals surface area contributed by atoms with Crippen molar-refractivity contribution in [3.05, 3.63) is 0 Å². The van der Waals surface area contributed by atoms with Crippen molar-refractivity contribution in [3.8, 4) is 6.07 Å². The molecule has 0 bridgehead atoms. The lowest BCUT2D eigenvalue weighted by Gasteiger charge is -2.50. The fraction of sp³-hybridized carbons (Fsp3) is 0.895. The zero-order valence-electron chi connectivity index (χ0n) is 14.6. The Kier molecular flexibility index (Phi) is 4.55. The molecular weight excluding hydrogens is 290 g/mol. The largest absolute Gasteiger partial charge is 0.352 e. The lowest BCUT2D eigenvalue weighted by atomic mass is 9.55. The Morgan fingerprint density at radius 3 is 2.83 bits per heavy atom. The van der Waals surface area contributed by atoms with Gasteiger partial charge in [0.25, 0.3) is 0 Å². The quantitative estimate of drug-likeness (QED) is 0.790. The summed E-state index contributed by atoms with van der Waals surface area (Å²) >= 11 is 0. The second-order valence-electron chi connectivity index (χ2n) is 8.36. The summed E-state index contributed by atoms with van der Waals surface area (Å²) in [6.07, 6.45) is 6.29. The molecule has 0 unspecified atom stereocenters. The van der Waals surface area contributed by atoms with Gasteiger partial charge >= 0.3 is 0 Å². The molecule has 0 N–H and O–H groups in total. The van der Waals surface area contributed by atoms with Gasteiger partial charge in [-0.05, 0) is 56.8 Å². The first-order chi connectivity index (χ1) is 10.9. The molecule has 3 aliphatic rings. The van der Waals surface area contributed by atoms with E-state index in [2.05, 4.69) is 19.9 Å². The maximum absolute atomic E-state index is 11.4. The van der Waals surface area contributed by atoms with E-state index in [1.807, 2.05) is 0 Å². The van der Waals surface area contributed by atoms with Crippen LogP contribution in [-0.4, -0.2) is 24.8 Å². The summed E-state index contributed by atoms with van der Waals surface area (Å²) in [5.74, 6) is 1.24. The van der Waals surface area contributed by atoms with Crippen LogP contribution in [0.15, 0.2) is 0 Å². The highest BCUT2D eigenvalue weighted by Crippen LogP contribution is 2.56. The van der Waals surface area contributed by atoms with Crippen molar-refractivity contribution in [3.63, 3.8) is 0 Å². The smallest absolute Gasteiger partial charge is 0.160 e. The van der Waals surface area contributed by atoms with Crippen LogP contribution >= 0.6 is 0 Å². The van der Waals surface area contributed by atoms with Gasteiger partial charge in [0.2, 0.25) is 0 Å². The summed E-state index contributed by atoms with van der Waals surface area (Å²) in [4.78, 5) is 11.4. The standard InChI is InChI=1S/C19H29NO3/c1-13-4-7-19(12-20,8-5-14(2)21)11-18(13,3)16-10-15-6-9-22-17(15)23-16/h13,15-17H,4-11H2,1-3H3/t13-,15+,16+,17-,18-,19-/m1/s1. The van der Waals surface area contributed by atoms with Crippen LogP contribution in [0.2, 0.25) is 0 Å². The molecule has 0 aromatic heterocycles. The molecule has 0 spiro atoms. The number of hydrogen-bond donors (Lipinski definition) is 0. The van der Waals surface area contributed by atoms with Gasteiger partial charge in [-0.2, -0.15) is 5.26 Å². The number of carbonyl (C=O) groups is 1. The summed E-state index contributed by atoms with van der Waals surface area (Å²) in [5.41, 5.74) is -0.368. The number of rotatable bonds is 4. The third kappa shape index (κ3) is 3.06. The molecule has 2 saturated heterocycles. The highest BCUT2D eigenvalue weighted by atomic mass is 16.7. The highest BCUT2D eigenvalue weighted by molar-refractivity contribution is 5.75. The fourth-order valence-corrected chi connectivity index (χ4v) is 4.93. The van der Waals surface area contributed by atoms with Gasteiger partial charge in [-0.3, -0.25) is 0 Å². The number of ether oxygens (including phenoxy) is 2. The van der Waals surface area contributed by atoms with Crippen molar-refractivity contribution < 1.29 is 14.3 Å². The van der Waals surface area contributed by atoms with E-state index >= 15 is 0 Å². The fourth-order valence-electron chi connectivity index (χ4n) is 4.93. The van der Waals surface area contributed by atoms with Gasteiger partial charge in [-0.15, -0.1) is 0 Å². The Morgan fingerprint density at radius 1 is 1.39 bits per heavy atom. The second kappa shape index (κ2) is 6.18. The van der Waals surface area contributed by atoms with Gasteiger partial charge in [0.1, 0.15) is 5.78 Å². The van der Waals surface area contributed by atoms with Crippen LogP contribution in [0.1, 0.15) is 65.7 Å². The van der Waals surface area contributed by atoms with E-state index in [9.17, 15) is 10.1 Å². The van der Waals surface area contributed by atoms with E-state index < -0.39 is 0 Å². The molecule has 0 aromatic rings. The van der Waals surface area contributed by atoms with Crippen LogP contribution in [0, 0.1) is 34.0 Å². The SMILES string of the molecule is CC(=O)CC[C@]1(C#N)CC[C@@H](C)[C@](C)([C@@H]2C[C@@H]3CCO[C@@H]3O2)C1. The van der Waals surface area contributed by atoms with Gasteiger partial charge in [-0.25, -0.2) is 0 Å². The number of Topliss-reactive ketones (excluding diaryl/α,β-unsaturated/α-hetero) is 1. The summed E-state index contributed by atoms with van der Waals surface area (Å²) in [6.45, 7) is 7.02. The van der Waals surface area contributed by atoms with Gasteiger partial charge in [0, 0.05) is 12.3 Å². The average molecular weight is 319 g/mol. The number of hydrogen-bond acceptors (Lipinski definition) is 4. The minimum atomic E-state index is -0.366. The third-order valence-electron chi connectivity index (χ3n) is 6.80. The summed E-state index contributed by atoms with van der Waals surface area (Å²) in [5, 5.41) is 9.85. The summed E-state index contributed by atoms with van der Waals surface area (Å²) in [6, 6.07) is 2.58.